The third-order valence-corrected chi connectivity index (χ3v) is 5.23. The molecule has 0 aliphatic carbocycles. The minimum absolute atomic E-state index is 0.308. The van der Waals surface area contributed by atoms with Gasteiger partial charge in [-0.2, -0.15) is 0 Å². The topological polar surface area (TPSA) is 72.8 Å². The van der Waals surface area contributed by atoms with Crippen LogP contribution in [0.25, 0.3) is 0 Å². The average molecular weight is 496 g/mol. The second-order valence-corrected chi connectivity index (χ2v) is 9.15. The van der Waals surface area contributed by atoms with Gasteiger partial charge in [-0.15, -0.1) is 0 Å². The number of amides is 1. The molecule has 0 aliphatic heterocycles. The molecule has 0 aliphatic rings. The van der Waals surface area contributed by atoms with Crippen LogP contribution in [0.5, 0.6) is 0 Å². The molecule has 0 radical (unpaired) electrons. The van der Waals surface area contributed by atoms with Gasteiger partial charge in [0.15, 0.2) is 0 Å². The first kappa shape index (κ1) is 22.6. The molecule has 2 rings (SSSR count). The zero-order valence-electron chi connectivity index (χ0n) is 16.6. The number of aliphatic hydroxyl groups excluding tert-OH is 1. The maximum absolute atomic E-state index is 12.0. The predicted octanol–water partition coefficient (Wildman–Crippen LogP) is 4.13. The monoisotopic (exact) mass is 496 g/mol. The van der Waals surface area contributed by atoms with Crippen LogP contribution in [-0.4, -0.2) is 45.4 Å². The van der Waals surface area contributed by atoms with Crippen LogP contribution in [0.4, 0.5) is 4.79 Å². The summed E-state index contributed by atoms with van der Waals surface area (Å²) in [5.41, 5.74) is 1.51. The molecule has 0 saturated heterocycles. The minimum atomic E-state index is -1.02. The van der Waals surface area contributed by atoms with Gasteiger partial charge in [-0.1, -0.05) is 42.5 Å². The number of rotatable bonds is 8. The highest BCUT2D eigenvalue weighted by Crippen LogP contribution is 2.22. The molecule has 6 heteroatoms. The lowest BCUT2D eigenvalue weighted by molar-refractivity contribution is 0.00770. The molecule has 2 atom stereocenters. The second-order valence-electron chi connectivity index (χ2n) is 7.91. The molecule has 0 heterocycles. The molecule has 0 bridgehead atoms. The quantitative estimate of drug-likeness (QED) is 0.481. The van der Waals surface area contributed by atoms with Crippen molar-refractivity contribution < 1.29 is 15.0 Å². The summed E-state index contributed by atoms with van der Waals surface area (Å²) in [5, 5.41) is 24.0. The Labute approximate surface area is 180 Å². The Morgan fingerprint density at radius 3 is 2.32 bits per heavy atom. The average Bonchev–Trinajstić information content (AvgIpc) is 2.60. The van der Waals surface area contributed by atoms with E-state index >= 15 is 0 Å². The lowest BCUT2D eigenvalue weighted by atomic mass is 9.94. The molecular formula is C22H29IN2O3. The molecule has 28 heavy (non-hydrogen) atoms. The van der Waals surface area contributed by atoms with Gasteiger partial charge in [0, 0.05) is 22.2 Å². The van der Waals surface area contributed by atoms with Gasteiger partial charge in [-0.05, 0) is 73.0 Å². The number of hydrogen-bond donors (Lipinski definition) is 3. The summed E-state index contributed by atoms with van der Waals surface area (Å²) in [6.45, 7) is 6.49. The third-order valence-electron chi connectivity index (χ3n) is 4.56. The largest absolute Gasteiger partial charge is 0.465 e. The van der Waals surface area contributed by atoms with E-state index in [-0.39, 0.29) is 0 Å². The van der Waals surface area contributed by atoms with Gasteiger partial charge in [0.1, 0.15) is 0 Å². The van der Waals surface area contributed by atoms with Crippen LogP contribution >= 0.6 is 22.6 Å². The molecule has 152 valence electrons. The summed E-state index contributed by atoms with van der Waals surface area (Å²) in [4.78, 5) is 13.4. The Bertz CT molecular complexity index is 762. The number of halogens is 1. The molecule has 0 saturated carbocycles. The second kappa shape index (κ2) is 10.2. The van der Waals surface area contributed by atoms with Crippen LogP contribution in [0, 0.1) is 3.57 Å². The molecular weight excluding hydrogens is 467 g/mol. The fourth-order valence-electron chi connectivity index (χ4n) is 3.33. The molecule has 5 nitrogen and oxygen atoms in total. The van der Waals surface area contributed by atoms with Crippen molar-refractivity contribution in [3.63, 3.8) is 0 Å². The van der Waals surface area contributed by atoms with Crippen molar-refractivity contribution in [3.8, 4) is 0 Å². The predicted molar refractivity (Wildman–Crippen MR) is 120 cm³/mol. The van der Waals surface area contributed by atoms with Crippen LogP contribution in [-0.2, 0) is 13.0 Å². The molecule has 2 aromatic carbocycles. The number of aliphatic hydroxyl groups is 1. The van der Waals surface area contributed by atoms with Crippen molar-refractivity contribution in [2.45, 2.75) is 51.4 Å². The summed E-state index contributed by atoms with van der Waals surface area (Å²) < 4.78 is 1.16. The number of nitrogens with one attached hydrogen (secondary N) is 1. The van der Waals surface area contributed by atoms with Crippen molar-refractivity contribution in [1.82, 2.24) is 10.2 Å². The summed E-state index contributed by atoms with van der Waals surface area (Å²) in [6.07, 6.45) is -1.40. The van der Waals surface area contributed by atoms with Crippen LogP contribution in [0.2, 0.25) is 0 Å². The summed E-state index contributed by atoms with van der Waals surface area (Å²) in [6, 6.07) is 17.3. The number of nitrogens with zero attached hydrogens (tertiary/aromatic N) is 1. The summed E-state index contributed by atoms with van der Waals surface area (Å²) in [5.74, 6) is 0. The Hall–Kier alpha value is -1.64. The van der Waals surface area contributed by atoms with Crippen molar-refractivity contribution in [2.24, 2.45) is 0 Å². The maximum atomic E-state index is 12.0. The lowest BCUT2D eigenvalue weighted by Crippen LogP contribution is -2.58. The Kier molecular flexibility index (Phi) is 8.27. The maximum Gasteiger partial charge on any atom is 0.408 e. The SMILES string of the molecule is CC(C)(C)N(C(=O)O)[C@@H](Cc1ccccc1)[C@H](O)CNCc1cccc(I)c1. The molecule has 0 fully saturated rings. The van der Waals surface area contributed by atoms with Gasteiger partial charge in [-0.3, -0.25) is 4.90 Å². The van der Waals surface area contributed by atoms with Crippen molar-refractivity contribution >= 4 is 28.7 Å². The van der Waals surface area contributed by atoms with E-state index in [2.05, 4.69) is 34.0 Å². The molecule has 2 aromatic rings. The Morgan fingerprint density at radius 2 is 1.75 bits per heavy atom. The first-order valence-corrected chi connectivity index (χ1v) is 10.5. The Morgan fingerprint density at radius 1 is 1.11 bits per heavy atom. The smallest absolute Gasteiger partial charge is 0.408 e. The van der Waals surface area contributed by atoms with Gasteiger partial charge in [0.25, 0.3) is 0 Å². The number of carbonyl (C=O) groups is 1. The molecule has 0 unspecified atom stereocenters. The molecule has 0 aromatic heterocycles. The number of hydrogen-bond acceptors (Lipinski definition) is 3. The van der Waals surface area contributed by atoms with E-state index in [4.69, 9.17) is 0 Å². The van der Waals surface area contributed by atoms with Crippen molar-refractivity contribution in [2.75, 3.05) is 6.54 Å². The molecule has 3 N–H and O–H groups in total. The summed E-state index contributed by atoms with van der Waals surface area (Å²) in [7, 11) is 0. The molecule has 1 amide bonds. The first-order chi connectivity index (χ1) is 13.2. The van der Waals surface area contributed by atoms with Gasteiger partial charge in [0.2, 0.25) is 0 Å². The highest BCUT2D eigenvalue weighted by atomic mass is 127. The highest BCUT2D eigenvalue weighted by Gasteiger charge is 2.37. The zero-order valence-corrected chi connectivity index (χ0v) is 18.8. The van der Waals surface area contributed by atoms with Gasteiger partial charge in [0.05, 0.1) is 12.1 Å². The first-order valence-electron chi connectivity index (χ1n) is 9.38. The van der Waals surface area contributed by atoms with E-state index in [0.717, 1.165) is 14.7 Å². The Balaban J connectivity index is 2.13. The fraction of sp³-hybridized carbons (Fsp3) is 0.409. The fourth-order valence-corrected chi connectivity index (χ4v) is 3.94. The van der Waals surface area contributed by atoms with Crippen molar-refractivity contribution in [3.05, 3.63) is 69.3 Å². The minimum Gasteiger partial charge on any atom is -0.465 e. The van der Waals surface area contributed by atoms with E-state index in [1.807, 2.05) is 69.3 Å². The standard InChI is InChI=1S/C22H29IN2O3/c1-22(2,3)25(21(27)28)19(13-16-8-5-4-6-9-16)20(26)15-24-14-17-10-7-11-18(23)12-17/h4-12,19-20,24,26H,13-15H2,1-3H3,(H,27,28)/t19-,20+/m0/s1. The summed E-state index contributed by atoms with van der Waals surface area (Å²) >= 11 is 2.27. The van der Waals surface area contributed by atoms with E-state index in [1.165, 1.54) is 4.90 Å². The number of carboxylic acid groups (broad SMARTS) is 1. The van der Waals surface area contributed by atoms with Gasteiger partial charge < -0.3 is 15.5 Å². The van der Waals surface area contributed by atoms with E-state index in [9.17, 15) is 15.0 Å². The highest BCUT2D eigenvalue weighted by molar-refractivity contribution is 14.1. The van der Waals surface area contributed by atoms with Crippen LogP contribution in [0.1, 0.15) is 31.9 Å². The lowest BCUT2D eigenvalue weighted by Gasteiger charge is -2.42. The van der Waals surface area contributed by atoms with Crippen molar-refractivity contribution in [1.29, 1.82) is 0 Å². The van der Waals surface area contributed by atoms with Gasteiger partial charge >= 0.3 is 6.09 Å². The number of benzene rings is 2. The van der Waals surface area contributed by atoms with E-state index in [1.54, 1.807) is 0 Å². The van der Waals surface area contributed by atoms with Crippen LogP contribution in [0.15, 0.2) is 54.6 Å². The molecule has 0 spiro atoms. The third kappa shape index (κ3) is 6.76. The van der Waals surface area contributed by atoms with Gasteiger partial charge in [-0.25, -0.2) is 4.79 Å². The van der Waals surface area contributed by atoms with E-state index in [0.29, 0.717) is 19.5 Å². The van der Waals surface area contributed by atoms with Crippen LogP contribution in [0.3, 0.4) is 0 Å². The zero-order chi connectivity index (χ0) is 20.7. The van der Waals surface area contributed by atoms with E-state index < -0.39 is 23.8 Å². The van der Waals surface area contributed by atoms with Crippen LogP contribution < -0.4 is 5.32 Å². The normalized spacial score (nSPS) is 13.8.